The van der Waals surface area contributed by atoms with Crippen molar-refractivity contribution in [3.63, 3.8) is 0 Å². The summed E-state index contributed by atoms with van der Waals surface area (Å²) in [4.78, 5) is 17.8. The quantitative estimate of drug-likeness (QED) is 0.230. The van der Waals surface area contributed by atoms with Gasteiger partial charge in [-0.25, -0.2) is 8.78 Å². The molecule has 5 aromatic rings. The number of carbonyl (C=O) groups is 1. The van der Waals surface area contributed by atoms with Crippen LogP contribution in [0.1, 0.15) is 27.0 Å². The lowest BCUT2D eigenvalue weighted by Gasteiger charge is -2.34. The van der Waals surface area contributed by atoms with Crippen LogP contribution in [0.5, 0.6) is 5.75 Å². The van der Waals surface area contributed by atoms with E-state index in [2.05, 4.69) is 32.4 Å². The molecule has 6 rings (SSSR count). The molecule has 0 unspecified atom stereocenters. The fourth-order valence-corrected chi connectivity index (χ4v) is 5.55. The largest absolute Gasteiger partial charge is 0.508 e. The minimum absolute atomic E-state index is 0.147. The molecule has 0 bridgehead atoms. The predicted molar refractivity (Wildman–Crippen MR) is 161 cm³/mol. The summed E-state index contributed by atoms with van der Waals surface area (Å²) in [5.74, 6) is -1.08. The van der Waals surface area contributed by atoms with Crippen molar-refractivity contribution >= 4 is 28.3 Å². The first-order chi connectivity index (χ1) is 20.2. The molecule has 4 aromatic carbocycles. The van der Waals surface area contributed by atoms with Crippen LogP contribution in [0.4, 0.5) is 20.3 Å². The maximum absolute atomic E-state index is 14.0. The van der Waals surface area contributed by atoms with Gasteiger partial charge in [0.15, 0.2) is 5.82 Å². The van der Waals surface area contributed by atoms with E-state index in [1.54, 1.807) is 12.1 Å². The minimum atomic E-state index is -0.650. The molecule has 7 nitrogen and oxygen atoms in total. The van der Waals surface area contributed by atoms with Crippen molar-refractivity contribution < 1.29 is 18.7 Å². The lowest BCUT2D eigenvalue weighted by atomic mass is 9.91. The molecule has 0 spiro atoms. The molecule has 1 aromatic heterocycles. The van der Waals surface area contributed by atoms with Crippen LogP contribution >= 0.6 is 0 Å². The Bertz CT molecular complexity index is 1760. The average Bonchev–Trinajstić information content (AvgIpc) is 3.34. The van der Waals surface area contributed by atoms with Crippen LogP contribution in [0.3, 0.4) is 0 Å². The summed E-state index contributed by atoms with van der Waals surface area (Å²) in [6, 6.07) is 19.9. The van der Waals surface area contributed by atoms with Crippen LogP contribution in [0, 0.1) is 18.6 Å². The molecular formula is C33H31F2N5O2. The van der Waals surface area contributed by atoms with Gasteiger partial charge in [-0.15, -0.1) is 0 Å². The normalized spacial score (nSPS) is 14.0. The van der Waals surface area contributed by atoms with Crippen LogP contribution in [-0.4, -0.2) is 59.3 Å². The smallest absolute Gasteiger partial charge is 0.256 e. The first-order valence-electron chi connectivity index (χ1n) is 13.8. The Hall–Kier alpha value is -4.76. The second kappa shape index (κ2) is 11.3. The topological polar surface area (TPSA) is 84.5 Å². The standard InChI is InChI=1S/C33H31F2N5O2/c1-20-13-27(41)7-8-28(20)29-19-31-30(17-23(29)14-21-15-24(34)18-25(35)16-21)32(38-37-31)36-33(42)22-3-5-26(6-4-22)40-11-9-39(2)10-12-40/h3-8,13,15-19,41H,9-12,14H2,1-2H3,(H2,36,37,38,42). The summed E-state index contributed by atoms with van der Waals surface area (Å²) in [6.45, 7) is 5.77. The van der Waals surface area contributed by atoms with Crippen molar-refractivity contribution in [2.45, 2.75) is 13.3 Å². The number of hydrogen-bond acceptors (Lipinski definition) is 5. The number of H-pyrrole nitrogens is 1. The number of hydrogen-bond donors (Lipinski definition) is 3. The summed E-state index contributed by atoms with van der Waals surface area (Å²) in [5.41, 5.74) is 6.07. The number of amides is 1. The lowest BCUT2D eigenvalue weighted by Crippen LogP contribution is -2.44. The number of rotatable bonds is 6. The van der Waals surface area contributed by atoms with Crippen LogP contribution < -0.4 is 10.2 Å². The molecule has 1 aliphatic heterocycles. The number of phenols is 1. The lowest BCUT2D eigenvalue weighted by molar-refractivity contribution is 0.102. The van der Waals surface area contributed by atoms with Crippen molar-refractivity contribution in [3.8, 4) is 16.9 Å². The molecule has 3 N–H and O–H groups in total. The molecule has 2 heterocycles. The second-order valence-corrected chi connectivity index (χ2v) is 10.9. The van der Waals surface area contributed by atoms with Crippen molar-refractivity contribution in [2.75, 3.05) is 43.4 Å². The number of benzene rings is 4. The number of fused-ring (bicyclic) bond motifs is 1. The SMILES string of the molecule is Cc1cc(O)ccc1-c1cc2[nH]nc(NC(=O)c3ccc(N4CCN(C)CC4)cc3)c2cc1Cc1cc(F)cc(F)c1. The summed E-state index contributed by atoms with van der Waals surface area (Å²) in [5, 5.41) is 20.9. The molecule has 42 heavy (non-hydrogen) atoms. The third kappa shape index (κ3) is 5.69. The van der Waals surface area contributed by atoms with Gasteiger partial charge < -0.3 is 20.2 Å². The number of aryl methyl sites for hydroxylation is 1. The van der Waals surface area contributed by atoms with E-state index in [1.807, 2.05) is 49.4 Å². The number of aromatic amines is 1. The zero-order valence-corrected chi connectivity index (χ0v) is 23.4. The number of likely N-dealkylation sites (N-methyl/N-ethyl adjacent to an activating group) is 1. The van der Waals surface area contributed by atoms with E-state index in [4.69, 9.17) is 0 Å². The Morgan fingerprint density at radius 1 is 0.929 bits per heavy atom. The van der Waals surface area contributed by atoms with Gasteiger partial charge in [-0.1, -0.05) is 6.07 Å². The van der Waals surface area contributed by atoms with Gasteiger partial charge in [0, 0.05) is 48.9 Å². The van der Waals surface area contributed by atoms with Crippen molar-refractivity contribution in [2.24, 2.45) is 0 Å². The number of carbonyl (C=O) groups excluding carboxylic acids is 1. The van der Waals surface area contributed by atoms with Crippen LogP contribution in [0.15, 0.2) is 72.8 Å². The van der Waals surface area contributed by atoms with Crippen molar-refractivity contribution in [3.05, 3.63) is 107 Å². The monoisotopic (exact) mass is 567 g/mol. The molecule has 214 valence electrons. The molecule has 0 aliphatic carbocycles. The maximum atomic E-state index is 14.0. The van der Waals surface area contributed by atoms with Gasteiger partial charge in [0.2, 0.25) is 0 Å². The van der Waals surface area contributed by atoms with E-state index < -0.39 is 11.6 Å². The van der Waals surface area contributed by atoms with Gasteiger partial charge in [-0.2, -0.15) is 5.10 Å². The van der Waals surface area contributed by atoms with E-state index in [0.717, 1.165) is 60.2 Å². The molecule has 0 atom stereocenters. The van der Waals surface area contributed by atoms with E-state index >= 15 is 0 Å². The van der Waals surface area contributed by atoms with E-state index in [-0.39, 0.29) is 18.1 Å². The zero-order valence-electron chi connectivity index (χ0n) is 23.4. The van der Waals surface area contributed by atoms with Gasteiger partial charge in [0.05, 0.1) is 5.52 Å². The fraction of sp³-hybridized carbons (Fsp3) is 0.212. The molecule has 1 amide bonds. The highest BCUT2D eigenvalue weighted by atomic mass is 19.1. The van der Waals surface area contributed by atoms with Gasteiger partial charge in [-0.05, 0) is 109 Å². The van der Waals surface area contributed by atoms with Gasteiger partial charge in [-0.3, -0.25) is 9.89 Å². The van der Waals surface area contributed by atoms with E-state index in [9.17, 15) is 18.7 Å². The Labute approximate surface area is 242 Å². The summed E-state index contributed by atoms with van der Waals surface area (Å²) in [7, 11) is 2.11. The van der Waals surface area contributed by atoms with Crippen molar-refractivity contribution in [1.29, 1.82) is 0 Å². The summed E-state index contributed by atoms with van der Waals surface area (Å²) in [6.07, 6.45) is 0.243. The second-order valence-electron chi connectivity index (χ2n) is 10.9. The first-order valence-corrected chi connectivity index (χ1v) is 13.8. The Kier molecular flexibility index (Phi) is 7.34. The Balaban J connectivity index is 1.32. The maximum Gasteiger partial charge on any atom is 0.256 e. The number of nitrogens with zero attached hydrogens (tertiary/aromatic N) is 3. The molecule has 9 heteroatoms. The van der Waals surface area contributed by atoms with Gasteiger partial charge in [0.1, 0.15) is 17.4 Å². The molecule has 0 radical (unpaired) electrons. The van der Waals surface area contributed by atoms with Crippen LogP contribution in [0.2, 0.25) is 0 Å². The highest BCUT2D eigenvalue weighted by Gasteiger charge is 2.18. The highest BCUT2D eigenvalue weighted by molar-refractivity contribution is 6.08. The third-order valence-corrected chi connectivity index (χ3v) is 7.83. The Morgan fingerprint density at radius 2 is 1.64 bits per heavy atom. The number of piperazine rings is 1. The Morgan fingerprint density at radius 3 is 2.33 bits per heavy atom. The number of nitrogens with one attached hydrogen (secondary N) is 2. The first kappa shape index (κ1) is 27.4. The molecular weight excluding hydrogens is 536 g/mol. The van der Waals surface area contributed by atoms with Gasteiger partial charge >= 0.3 is 0 Å². The van der Waals surface area contributed by atoms with Gasteiger partial charge in [0.25, 0.3) is 5.91 Å². The highest BCUT2D eigenvalue weighted by Crippen LogP contribution is 2.35. The van der Waals surface area contributed by atoms with Crippen LogP contribution in [-0.2, 0) is 6.42 Å². The minimum Gasteiger partial charge on any atom is -0.508 e. The number of aromatic nitrogens is 2. The summed E-state index contributed by atoms with van der Waals surface area (Å²) < 4.78 is 28.1. The molecule has 1 fully saturated rings. The van der Waals surface area contributed by atoms with Crippen LogP contribution in [0.25, 0.3) is 22.0 Å². The van der Waals surface area contributed by atoms with E-state index in [1.165, 1.54) is 12.1 Å². The predicted octanol–water partition coefficient (Wildman–Crippen LogP) is 6.12. The number of phenolic OH excluding ortho intramolecular Hbond substituents is 1. The summed E-state index contributed by atoms with van der Waals surface area (Å²) >= 11 is 0. The molecule has 1 saturated heterocycles. The number of anilines is 2. The zero-order chi connectivity index (χ0) is 29.4. The van der Waals surface area contributed by atoms with Crippen molar-refractivity contribution in [1.82, 2.24) is 15.1 Å². The number of aromatic hydroxyl groups is 1. The van der Waals surface area contributed by atoms with E-state index in [0.29, 0.717) is 27.8 Å². The molecule has 0 saturated carbocycles. The average molecular weight is 568 g/mol. The fourth-order valence-electron chi connectivity index (χ4n) is 5.55. The molecule has 1 aliphatic rings. The number of halogens is 2. The third-order valence-electron chi connectivity index (χ3n) is 7.83.